The van der Waals surface area contributed by atoms with E-state index in [4.69, 9.17) is 16.3 Å². The van der Waals surface area contributed by atoms with Crippen LogP contribution in [0.1, 0.15) is 37.6 Å². The number of carbonyl (C=O) groups is 2. The Morgan fingerprint density at radius 1 is 1.27 bits per heavy atom. The Labute approximate surface area is 137 Å². The lowest BCUT2D eigenvalue weighted by atomic mass is 10.1. The molecule has 0 bridgehead atoms. The molecular weight excluding hydrogens is 322 g/mol. The molecule has 114 valence electrons. The molecule has 0 atom stereocenters. The Hall–Kier alpha value is -1.85. The van der Waals surface area contributed by atoms with E-state index in [9.17, 15) is 9.59 Å². The van der Waals surface area contributed by atoms with Crippen molar-refractivity contribution in [3.05, 3.63) is 50.9 Å². The van der Waals surface area contributed by atoms with Crippen molar-refractivity contribution in [2.45, 2.75) is 19.3 Å². The number of esters is 1. The Kier molecular flexibility index (Phi) is 4.18. The van der Waals surface area contributed by atoms with Crippen molar-refractivity contribution >= 4 is 39.8 Å². The van der Waals surface area contributed by atoms with Gasteiger partial charge in [-0.1, -0.05) is 23.7 Å². The van der Waals surface area contributed by atoms with E-state index < -0.39 is 5.97 Å². The third-order valence-corrected chi connectivity index (χ3v) is 5.19. The van der Waals surface area contributed by atoms with Crippen LogP contribution < -0.4 is 5.32 Å². The maximum absolute atomic E-state index is 12.4. The van der Waals surface area contributed by atoms with Crippen molar-refractivity contribution in [2.75, 3.05) is 12.4 Å². The van der Waals surface area contributed by atoms with E-state index in [1.54, 1.807) is 24.3 Å². The number of fused-ring (bicyclic) bond motifs is 1. The van der Waals surface area contributed by atoms with Crippen LogP contribution in [-0.2, 0) is 17.6 Å². The molecule has 1 heterocycles. The Morgan fingerprint density at radius 3 is 2.77 bits per heavy atom. The first-order valence-corrected chi connectivity index (χ1v) is 8.10. The Bertz CT molecular complexity index is 754. The smallest absolute Gasteiger partial charge is 0.341 e. The third-order valence-electron chi connectivity index (χ3n) is 3.66. The topological polar surface area (TPSA) is 55.4 Å². The van der Waals surface area contributed by atoms with Gasteiger partial charge >= 0.3 is 5.97 Å². The van der Waals surface area contributed by atoms with E-state index in [1.807, 2.05) is 0 Å². The van der Waals surface area contributed by atoms with Crippen LogP contribution in [0.25, 0.3) is 0 Å². The molecule has 2 aromatic rings. The van der Waals surface area contributed by atoms with Gasteiger partial charge in [0, 0.05) is 4.88 Å². The van der Waals surface area contributed by atoms with Gasteiger partial charge in [0.25, 0.3) is 5.91 Å². The molecule has 0 saturated heterocycles. The predicted octanol–water partition coefficient (Wildman–Crippen LogP) is 3.93. The number of hydrogen-bond acceptors (Lipinski definition) is 4. The van der Waals surface area contributed by atoms with E-state index in [-0.39, 0.29) is 5.91 Å². The van der Waals surface area contributed by atoms with E-state index in [0.29, 0.717) is 21.2 Å². The highest BCUT2D eigenvalue weighted by Gasteiger charge is 2.28. The number of nitrogens with one attached hydrogen (secondary N) is 1. The quantitative estimate of drug-likeness (QED) is 0.865. The fourth-order valence-corrected chi connectivity index (χ4v) is 4.12. The van der Waals surface area contributed by atoms with Crippen molar-refractivity contribution in [2.24, 2.45) is 0 Å². The molecule has 0 unspecified atom stereocenters. The lowest BCUT2D eigenvalue weighted by Crippen LogP contribution is -2.15. The Morgan fingerprint density at radius 2 is 2.05 bits per heavy atom. The zero-order valence-corrected chi connectivity index (χ0v) is 13.5. The van der Waals surface area contributed by atoms with Gasteiger partial charge < -0.3 is 10.1 Å². The number of thiophene rings is 1. The number of ether oxygens (including phenoxy) is 1. The zero-order valence-electron chi connectivity index (χ0n) is 11.9. The summed E-state index contributed by atoms with van der Waals surface area (Å²) < 4.78 is 4.86. The largest absolute Gasteiger partial charge is 0.465 e. The molecule has 22 heavy (non-hydrogen) atoms. The lowest BCUT2D eigenvalue weighted by molar-refractivity contribution is 0.0601. The highest BCUT2D eigenvalue weighted by atomic mass is 35.5. The van der Waals surface area contributed by atoms with E-state index >= 15 is 0 Å². The highest BCUT2D eigenvalue weighted by molar-refractivity contribution is 7.17. The highest BCUT2D eigenvalue weighted by Crippen LogP contribution is 2.39. The summed E-state index contributed by atoms with van der Waals surface area (Å²) in [6.45, 7) is 0. The van der Waals surface area contributed by atoms with Crippen LogP contribution >= 0.6 is 22.9 Å². The molecule has 1 N–H and O–H groups in total. The number of aryl methyl sites for hydroxylation is 1. The maximum atomic E-state index is 12.4. The van der Waals surface area contributed by atoms with Gasteiger partial charge in [-0.3, -0.25) is 4.79 Å². The number of benzene rings is 1. The molecule has 1 aromatic heterocycles. The first-order valence-electron chi connectivity index (χ1n) is 6.90. The van der Waals surface area contributed by atoms with Crippen LogP contribution in [0.5, 0.6) is 0 Å². The first-order chi connectivity index (χ1) is 10.6. The minimum Gasteiger partial charge on any atom is -0.465 e. The summed E-state index contributed by atoms with van der Waals surface area (Å²) in [5.41, 5.74) is 1.88. The van der Waals surface area contributed by atoms with Gasteiger partial charge in [-0.2, -0.15) is 0 Å². The monoisotopic (exact) mass is 335 g/mol. The van der Waals surface area contributed by atoms with Gasteiger partial charge in [0.1, 0.15) is 5.00 Å². The van der Waals surface area contributed by atoms with Gasteiger partial charge in [-0.25, -0.2) is 4.79 Å². The average molecular weight is 336 g/mol. The maximum Gasteiger partial charge on any atom is 0.341 e. The lowest BCUT2D eigenvalue weighted by Gasteiger charge is -2.08. The number of halogens is 1. The van der Waals surface area contributed by atoms with Crippen LogP contribution in [-0.4, -0.2) is 19.0 Å². The second kappa shape index (κ2) is 6.10. The van der Waals surface area contributed by atoms with E-state index in [2.05, 4.69) is 5.32 Å². The number of anilines is 1. The minimum absolute atomic E-state index is 0.323. The fraction of sp³-hybridized carbons (Fsp3) is 0.250. The molecule has 4 nitrogen and oxygen atoms in total. The van der Waals surface area contributed by atoms with Gasteiger partial charge in [-0.05, 0) is 37.0 Å². The molecule has 0 radical (unpaired) electrons. The summed E-state index contributed by atoms with van der Waals surface area (Å²) in [5.74, 6) is -0.732. The SMILES string of the molecule is COC(=O)c1c(NC(=O)c2ccccc2Cl)sc2c1CCC2. The molecule has 1 aromatic carbocycles. The first kappa shape index (κ1) is 15.1. The summed E-state index contributed by atoms with van der Waals surface area (Å²) in [4.78, 5) is 25.6. The van der Waals surface area contributed by atoms with Crippen molar-refractivity contribution in [1.29, 1.82) is 0 Å². The molecule has 6 heteroatoms. The molecule has 0 aliphatic heterocycles. The molecule has 1 amide bonds. The van der Waals surface area contributed by atoms with Gasteiger partial charge in [0.2, 0.25) is 0 Å². The van der Waals surface area contributed by atoms with Crippen LogP contribution in [0.4, 0.5) is 5.00 Å². The zero-order chi connectivity index (χ0) is 15.7. The van der Waals surface area contributed by atoms with Crippen molar-refractivity contribution in [3.8, 4) is 0 Å². The second-order valence-corrected chi connectivity index (χ2v) is 6.50. The second-order valence-electron chi connectivity index (χ2n) is 4.99. The number of amides is 1. The van der Waals surface area contributed by atoms with Gasteiger partial charge in [-0.15, -0.1) is 11.3 Å². The summed E-state index contributed by atoms with van der Waals surface area (Å²) >= 11 is 7.49. The average Bonchev–Trinajstić information content (AvgIpc) is 3.07. The van der Waals surface area contributed by atoms with Crippen LogP contribution in [0.3, 0.4) is 0 Å². The van der Waals surface area contributed by atoms with Crippen LogP contribution in [0.15, 0.2) is 24.3 Å². The van der Waals surface area contributed by atoms with Gasteiger partial charge in [0.15, 0.2) is 0 Å². The molecule has 0 saturated carbocycles. The van der Waals surface area contributed by atoms with Crippen molar-refractivity contribution < 1.29 is 14.3 Å². The van der Waals surface area contributed by atoms with E-state index in [0.717, 1.165) is 29.7 Å². The summed E-state index contributed by atoms with van der Waals surface area (Å²) in [6, 6.07) is 6.82. The van der Waals surface area contributed by atoms with Crippen LogP contribution in [0.2, 0.25) is 5.02 Å². The minimum atomic E-state index is -0.408. The van der Waals surface area contributed by atoms with Crippen molar-refractivity contribution in [3.63, 3.8) is 0 Å². The van der Waals surface area contributed by atoms with E-state index in [1.165, 1.54) is 18.4 Å². The molecule has 1 aliphatic rings. The summed E-state index contributed by atoms with van der Waals surface area (Å²) in [6.07, 6.45) is 2.81. The molecule has 0 spiro atoms. The number of methoxy groups -OCH3 is 1. The molecule has 3 rings (SSSR count). The number of hydrogen-bond donors (Lipinski definition) is 1. The van der Waals surface area contributed by atoms with Gasteiger partial charge in [0.05, 0.1) is 23.3 Å². The fourth-order valence-electron chi connectivity index (χ4n) is 2.63. The van der Waals surface area contributed by atoms with Crippen LogP contribution in [0, 0.1) is 0 Å². The van der Waals surface area contributed by atoms with Crippen molar-refractivity contribution in [1.82, 2.24) is 0 Å². The molecular formula is C16H14ClNO3S. The summed E-state index contributed by atoms with van der Waals surface area (Å²) in [5, 5.41) is 3.73. The standard InChI is InChI=1S/C16H14ClNO3S/c1-21-16(20)13-10-6-4-8-12(10)22-15(13)18-14(19)9-5-2-3-7-11(9)17/h2-3,5,7H,4,6,8H2,1H3,(H,18,19). The normalized spacial score (nSPS) is 12.8. The Balaban J connectivity index is 1.95. The number of carbonyl (C=O) groups excluding carboxylic acids is 2. The number of rotatable bonds is 3. The predicted molar refractivity (Wildman–Crippen MR) is 87.1 cm³/mol. The summed E-state index contributed by atoms with van der Waals surface area (Å²) in [7, 11) is 1.35. The molecule has 1 aliphatic carbocycles. The molecule has 0 fully saturated rings. The third kappa shape index (κ3) is 2.62.